The Hall–Kier alpha value is -2.50. The summed E-state index contributed by atoms with van der Waals surface area (Å²) in [5, 5.41) is 36.0. The molecule has 0 spiro atoms. The number of nitriles is 4. The zero-order chi connectivity index (χ0) is 13.9. The van der Waals surface area contributed by atoms with Gasteiger partial charge in [0.15, 0.2) is 0 Å². The van der Waals surface area contributed by atoms with E-state index >= 15 is 0 Å². The SMILES string of the molecule is C=c1c(C#N)c(C#N)c(=C(Cl)Cl)c(C#N)c1C#N. The fourth-order valence-corrected chi connectivity index (χ4v) is 1.84. The van der Waals surface area contributed by atoms with Crippen LogP contribution in [0.2, 0.25) is 0 Å². The Kier molecular flexibility index (Phi) is 3.93. The van der Waals surface area contributed by atoms with E-state index in [9.17, 15) is 0 Å². The topological polar surface area (TPSA) is 95.2 Å². The molecule has 1 aromatic carbocycles. The monoisotopic (exact) mass is 272 g/mol. The smallest absolute Gasteiger partial charge is 0.116 e. The molecule has 4 nitrogen and oxygen atoms in total. The molecule has 0 aromatic heterocycles. The Morgan fingerprint density at radius 3 is 1.33 bits per heavy atom. The summed E-state index contributed by atoms with van der Waals surface area (Å²) in [6, 6.07) is 7.02. The quantitative estimate of drug-likeness (QED) is 0.707. The zero-order valence-electron chi connectivity index (χ0n) is 8.75. The van der Waals surface area contributed by atoms with Crippen LogP contribution in [-0.4, -0.2) is 0 Å². The van der Waals surface area contributed by atoms with E-state index in [0.717, 1.165) is 0 Å². The Morgan fingerprint density at radius 1 is 0.778 bits per heavy atom. The Morgan fingerprint density at radius 2 is 1.11 bits per heavy atom. The van der Waals surface area contributed by atoms with E-state index in [2.05, 4.69) is 6.58 Å². The first-order chi connectivity index (χ1) is 8.53. The molecule has 0 atom stereocenters. The van der Waals surface area contributed by atoms with Crippen LogP contribution in [0.15, 0.2) is 0 Å². The molecule has 0 bridgehead atoms. The third-order valence-corrected chi connectivity index (χ3v) is 2.62. The molecule has 0 aliphatic heterocycles. The number of hydrogen-bond donors (Lipinski definition) is 0. The highest BCUT2D eigenvalue weighted by Gasteiger charge is 2.17. The lowest BCUT2D eigenvalue weighted by Crippen LogP contribution is -2.26. The number of benzene rings is 1. The molecule has 0 radical (unpaired) electrons. The minimum atomic E-state index is -0.351. The van der Waals surface area contributed by atoms with Crippen LogP contribution in [0, 0.1) is 45.3 Å². The fraction of sp³-hybridized carbons (Fsp3) is 0. The number of nitrogens with zero attached hydrogens (tertiary/aromatic N) is 4. The van der Waals surface area contributed by atoms with Crippen LogP contribution in [0.1, 0.15) is 22.3 Å². The highest BCUT2D eigenvalue weighted by Crippen LogP contribution is 2.12. The normalized spacial score (nSPS) is 8.56. The van der Waals surface area contributed by atoms with Gasteiger partial charge < -0.3 is 0 Å². The molecule has 1 rings (SSSR count). The highest BCUT2D eigenvalue weighted by atomic mass is 35.5. The van der Waals surface area contributed by atoms with Gasteiger partial charge in [0.05, 0.1) is 22.3 Å². The van der Waals surface area contributed by atoms with Gasteiger partial charge in [-0.2, -0.15) is 21.0 Å². The Bertz CT molecular complexity index is 748. The molecule has 0 N–H and O–H groups in total. The third-order valence-electron chi connectivity index (χ3n) is 2.24. The summed E-state index contributed by atoms with van der Waals surface area (Å²) in [6.07, 6.45) is 0. The molecule has 0 heterocycles. The minimum absolute atomic E-state index is 0.0198. The average molecular weight is 273 g/mol. The maximum atomic E-state index is 9.04. The van der Waals surface area contributed by atoms with E-state index in [1.54, 1.807) is 24.3 Å². The highest BCUT2D eigenvalue weighted by molar-refractivity contribution is 6.74. The lowest BCUT2D eigenvalue weighted by molar-refractivity contribution is 1.31. The second-order valence-electron chi connectivity index (χ2n) is 3.06. The molecule has 0 aliphatic carbocycles. The van der Waals surface area contributed by atoms with Gasteiger partial charge in [0, 0.05) is 10.4 Å². The van der Waals surface area contributed by atoms with Crippen molar-refractivity contribution in [1.82, 2.24) is 0 Å². The summed E-state index contributed by atoms with van der Waals surface area (Å²) in [4.78, 5) is 0. The summed E-state index contributed by atoms with van der Waals surface area (Å²) in [7, 11) is 0. The standard InChI is InChI=1S/C12H2Cl2N4/c1-6-7(2-15)9(4-17)11(12(13)14)10(5-18)8(6)3-16/h1H2. The van der Waals surface area contributed by atoms with Gasteiger partial charge in [0.25, 0.3) is 0 Å². The van der Waals surface area contributed by atoms with Crippen molar-refractivity contribution in [2.75, 3.05) is 0 Å². The molecule has 0 fully saturated rings. The van der Waals surface area contributed by atoms with Crippen LogP contribution in [0.5, 0.6) is 0 Å². The van der Waals surface area contributed by atoms with Crippen molar-refractivity contribution in [2.45, 2.75) is 0 Å². The molecule has 1 aromatic rings. The molecule has 0 amide bonds. The maximum absolute atomic E-state index is 9.04. The predicted molar refractivity (Wildman–Crippen MR) is 65.2 cm³/mol. The van der Waals surface area contributed by atoms with Gasteiger partial charge in [-0.05, 0) is 0 Å². The summed E-state index contributed by atoms with van der Waals surface area (Å²) >= 11 is 11.2. The van der Waals surface area contributed by atoms with E-state index in [1.807, 2.05) is 0 Å². The summed E-state index contributed by atoms with van der Waals surface area (Å²) in [6.45, 7) is 3.54. The Labute approximate surface area is 112 Å². The van der Waals surface area contributed by atoms with Gasteiger partial charge >= 0.3 is 0 Å². The van der Waals surface area contributed by atoms with Crippen LogP contribution in [0.25, 0.3) is 11.1 Å². The second kappa shape index (κ2) is 5.22. The van der Waals surface area contributed by atoms with E-state index < -0.39 is 0 Å². The van der Waals surface area contributed by atoms with Crippen molar-refractivity contribution in [1.29, 1.82) is 21.0 Å². The van der Waals surface area contributed by atoms with E-state index in [0.29, 0.717) is 0 Å². The zero-order valence-corrected chi connectivity index (χ0v) is 10.3. The third kappa shape index (κ3) is 1.88. The summed E-state index contributed by atoms with van der Waals surface area (Å²) < 4.78 is -0.351. The maximum Gasteiger partial charge on any atom is 0.116 e. The van der Waals surface area contributed by atoms with Crippen molar-refractivity contribution in [3.05, 3.63) is 32.7 Å². The van der Waals surface area contributed by atoms with Crippen molar-refractivity contribution in [2.24, 2.45) is 0 Å². The molecular weight excluding hydrogens is 271 g/mol. The first-order valence-electron chi connectivity index (χ1n) is 4.38. The molecule has 18 heavy (non-hydrogen) atoms. The van der Waals surface area contributed by atoms with E-state index in [1.165, 1.54) is 0 Å². The van der Waals surface area contributed by atoms with Crippen LogP contribution in [0.4, 0.5) is 0 Å². The second-order valence-corrected chi connectivity index (χ2v) is 4.01. The number of halogens is 2. The van der Waals surface area contributed by atoms with Gasteiger partial charge in [-0.25, -0.2) is 0 Å². The largest absolute Gasteiger partial charge is 0.192 e. The van der Waals surface area contributed by atoms with Gasteiger partial charge in [-0.3, -0.25) is 0 Å². The molecule has 84 valence electrons. The van der Waals surface area contributed by atoms with Gasteiger partial charge in [-0.15, -0.1) is 0 Å². The molecule has 0 aliphatic rings. The average Bonchev–Trinajstić information content (AvgIpc) is 2.36. The first-order valence-corrected chi connectivity index (χ1v) is 5.13. The molecule has 6 heteroatoms. The van der Waals surface area contributed by atoms with Gasteiger partial charge in [0.1, 0.15) is 28.8 Å². The van der Waals surface area contributed by atoms with Gasteiger partial charge in [-0.1, -0.05) is 29.8 Å². The van der Waals surface area contributed by atoms with Crippen molar-refractivity contribution >= 4 is 34.3 Å². The lowest BCUT2D eigenvalue weighted by Gasteiger charge is -2.03. The number of rotatable bonds is 0. The predicted octanol–water partition coefficient (Wildman–Crippen LogP) is 1.13. The molecule has 0 unspecified atom stereocenters. The minimum Gasteiger partial charge on any atom is -0.192 e. The van der Waals surface area contributed by atoms with Crippen molar-refractivity contribution in [3.8, 4) is 24.3 Å². The van der Waals surface area contributed by atoms with Crippen LogP contribution >= 0.6 is 23.2 Å². The lowest BCUT2D eigenvalue weighted by atomic mass is 9.95. The van der Waals surface area contributed by atoms with E-state index in [-0.39, 0.29) is 37.2 Å². The first kappa shape index (κ1) is 13.6. The van der Waals surface area contributed by atoms with E-state index in [4.69, 9.17) is 44.2 Å². The summed E-state index contributed by atoms with van der Waals surface area (Å²) in [5.74, 6) is 0. The van der Waals surface area contributed by atoms with Crippen LogP contribution < -0.4 is 10.4 Å². The van der Waals surface area contributed by atoms with Crippen molar-refractivity contribution in [3.63, 3.8) is 0 Å². The van der Waals surface area contributed by atoms with Crippen LogP contribution in [0.3, 0.4) is 0 Å². The molecular formula is C12H2Cl2N4. The number of hydrogen-bond acceptors (Lipinski definition) is 4. The molecule has 0 saturated carbocycles. The van der Waals surface area contributed by atoms with Crippen LogP contribution in [-0.2, 0) is 0 Å². The van der Waals surface area contributed by atoms with Crippen molar-refractivity contribution < 1.29 is 0 Å². The fourth-order valence-electron chi connectivity index (χ4n) is 1.46. The van der Waals surface area contributed by atoms with Gasteiger partial charge in [0.2, 0.25) is 0 Å². The molecule has 0 saturated heterocycles. The summed E-state index contributed by atoms with van der Waals surface area (Å²) in [5.41, 5.74) is -0.528. The Balaban J connectivity index is 4.38.